The Labute approximate surface area is 128 Å². The fourth-order valence-corrected chi connectivity index (χ4v) is 4.01. The number of rotatable bonds is 4. The molecule has 0 saturated carbocycles. The van der Waals surface area contributed by atoms with Crippen molar-refractivity contribution in [2.75, 3.05) is 25.1 Å². The lowest BCUT2D eigenvalue weighted by Crippen LogP contribution is -2.44. The van der Waals surface area contributed by atoms with Crippen LogP contribution in [0.3, 0.4) is 0 Å². The van der Waals surface area contributed by atoms with Crippen LogP contribution in [0.25, 0.3) is 0 Å². The molecule has 22 heavy (non-hydrogen) atoms. The molecule has 2 rings (SSSR count). The third-order valence-corrected chi connectivity index (χ3v) is 5.27. The number of nitrogens with one attached hydrogen (secondary N) is 2. The highest BCUT2D eigenvalue weighted by Gasteiger charge is 2.28. The van der Waals surface area contributed by atoms with E-state index in [1.807, 2.05) is 0 Å². The fraction of sp³-hybridized carbons (Fsp3) is 0.500. The van der Waals surface area contributed by atoms with Gasteiger partial charge in [0.2, 0.25) is 0 Å². The largest absolute Gasteiger partial charge is 0.356 e. The molecule has 0 spiro atoms. The molecule has 1 atom stereocenters. The van der Waals surface area contributed by atoms with Gasteiger partial charge in [-0.3, -0.25) is 4.99 Å². The maximum atomic E-state index is 13.5. The third-order valence-electron chi connectivity index (χ3n) is 3.50. The van der Waals surface area contributed by atoms with E-state index in [2.05, 4.69) is 15.6 Å². The maximum Gasteiger partial charge on any atom is 0.191 e. The van der Waals surface area contributed by atoms with Crippen LogP contribution in [-0.4, -0.2) is 45.5 Å². The number of benzene rings is 1. The summed E-state index contributed by atoms with van der Waals surface area (Å²) >= 11 is 0. The first kappa shape index (κ1) is 16.7. The average molecular weight is 331 g/mol. The van der Waals surface area contributed by atoms with Crippen LogP contribution >= 0.6 is 0 Å². The van der Waals surface area contributed by atoms with E-state index < -0.39 is 21.5 Å². The topological polar surface area (TPSA) is 70.6 Å². The van der Waals surface area contributed by atoms with Crippen LogP contribution in [0.5, 0.6) is 0 Å². The summed E-state index contributed by atoms with van der Waals surface area (Å²) in [5.41, 5.74) is 0.410. The van der Waals surface area contributed by atoms with Crippen molar-refractivity contribution in [2.24, 2.45) is 4.99 Å². The molecule has 0 amide bonds. The number of aliphatic imine (C=N–C) groups is 1. The molecule has 1 aliphatic rings. The Balaban J connectivity index is 1.82. The van der Waals surface area contributed by atoms with Gasteiger partial charge in [-0.15, -0.1) is 0 Å². The minimum atomic E-state index is -2.95. The second-order valence-electron chi connectivity index (χ2n) is 5.23. The highest BCUT2D eigenvalue weighted by molar-refractivity contribution is 7.91. The summed E-state index contributed by atoms with van der Waals surface area (Å²) in [7, 11) is -1.37. The van der Waals surface area contributed by atoms with E-state index in [0.29, 0.717) is 30.9 Å². The van der Waals surface area contributed by atoms with Crippen LogP contribution in [0.1, 0.15) is 12.0 Å². The summed E-state index contributed by atoms with van der Waals surface area (Å²) in [6, 6.07) is 3.32. The van der Waals surface area contributed by atoms with E-state index in [-0.39, 0.29) is 17.5 Å². The molecule has 122 valence electrons. The lowest BCUT2D eigenvalue weighted by atomic mass is 10.1. The van der Waals surface area contributed by atoms with Gasteiger partial charge in [0.25, 0.3) is 0 Å². The molecular weight excluding hydrogens is 312 g/mol. The van der Waals surface area contributed by atoms with E-state index in [4.69, 9.17) is 0 Å². The smallest absolute Gasteiger partial charge is 0.191 e. The number of halogens is 2. The Morgan fingerprint density at radius 3 is 2.77 bits per heavy atom. The molecule has 0 bridgehead atoms. The van der Waals surface area contributed by atoms with Crippen molar-refractivity contribution >= 4 is 15.8 Å². The molecule has 2 N–H and O–H groups in total. The van der Waals surface area contributed by atoms with Gasteiger partial charge < -0.3 is 10.6 Å². The monoisotopic (exact) mass is 331 g/mol. The molecule has 0 aliphatic carbocycles. The van der Waals surface area contributed by atoms with Crippen molar-refractivity contribution in [3.63, 3.8) is 0 Å². The summed E-state index contributed by atoms with van der Waals surface area (Å²) in [6.45, 7) is 0.404. The average Bonchev–Trinajstić information content (AvgIpc) is 2.79. The SMILES string of the molecule is CN=C(NCCc1ccc(F)cc1F)NC1CCS(=O)(=O)C1. The lowest BCUT2D eigenvalue weighted by molar-refractivity contribution is 0.570. The van der Waals surface area contributed by atoms with Crippen molar-refractivity contribution in [1.29, 1.82) is 0 Å². The summed E-state index contributed by atoms with van der Waals surface area (Å²) < 4.78 is 49.1. The Kier molecular flexibility index (Phi) is 5.33. The number of hydrogen-bond donors (Lipinski definition) is 2. The van der Waals surface area contributed by atoms with E-state index in [1.54, 1.807) is 7.05 Å². The van der Waals surface area contributed by atoms with Crippen LogP contribution in [0.2, 0.25) is 0 Å². The zero-order valence-corrected chi connectivity index (χ0v) is 13.1. The van der Waals surface area contributed by atoms with Gasteiger partial charge in [-0.05, 0) is 24.5 Å². The minimum Gasteiger partial charge on any atom is -0.356 e. The van der Waals surface area contributed by atoms with Crippen LogP contribution < -0.4 is 10.6 Å². The Morgan fingerprint density at radius 2 is 2.18 bits per heavy atom. The summed E-state index contributed by atoms with van der Waals surface area (Å²) in [4.78, 5) is 4.01. The normalized spacial score (nSPS) is 20.9. The molecule has 1 unspecified atom stereocenters. The van der Waals surface area contributed by atoms with Gasteiger partial charge in [0, 0.05) is 25.7 Å². The molecule has 0 radical (unpaired) electrons. The molecule has 5 nitrogen and oxygen atoms in total. The predicted octanol–water partition coefficient (Wildman–Crippen LogP) is 0.859. The molecule has 1 heterocycles. The minimum absolute atomic E-state index is 0.0975. The van der Waals surface area contributed by atoms with Crippen LogP contribution in [-0.2, 0) is 16.3 Å². The zero-order chi connectivity index (χ0) is 16.2. The van der Waals surface area contributed by atoms with Crippen molar-refractivity contribution < 1.29 is 17.2 Å². The van der Waals surface area contributed by atoms with Crippen molar-refractivity contribution in [3.8, 4) is 0 Å². The fourth-order valence-electron chi connectivity index (χ4n) is 2.34. The first-order valence-electron chi connectivity index (χ1n) is 7.01. The summed E-state index contributed by atoms with van der Waals surface area (Å²) in [6.07, 6.45) is 0.922. The highest BCUT2D eigenvalue weighted by atomic mass is 32.2. The maximum absolute atomic E-state index is 13.5. The van der Waals surface area contributed by atoms with Crippen LogP contribution in [0, 0.1) is 11.6 Å². The zero-order valence-electron chi connectivity index (χ0n) is 12.3. The Morgan fingerprint density at radius 1 is 1.41 bits per heavy atom. The van der Waals surface area contributed by atoms with E-state index in [0.717, 1.165) is 6.07 Å². The number of hydrogen-bond acceptors (Lipinski definition) is 3. The highest BCUT2D eigenvalue weighted by Crippen LogP contribution is 2.11. The van der Waals surface area contributed by atoms with Gasteiger partial charge in [0.1, 0.15) is 11.6 Å². The number of nitrogens with zero attached hydrogens (tertiary/aromatic N) is 1. The van der Waals surface area contributed by atoms with Gasteiger partial charge in [0.05, 0.1) is 11.5 Å². The molecule has 0 aromatic heterocycles. The van der Waals surface area contributed by atoms with Crippen LogP contribution in [0.15, 0.2) is 23.2 Å². The van der Waals surface area contributed by atoms with Gasteiger partial charge in [-0.2, -0.15) is 0 Å². The summed E-state index contributed by atoms with van der Waals surface area (Å²) in [5, 5.41) is 6.03. The molecule has 1 fully saturated rings. The molecule has 1 aliphatic heterocycles. The second kappa shape index (κ2) is 7.04. The second-order valence-corrected chi connectivity index (χ2v) is 7.46. The van der Waals surface area contributed by atoms with Crippen LogP contribution in [0.4, 0.5) is 8.78 Å². The first-order valence-corrected chi connectivity index (χ1v) is 8.83. The Hall–Kier alpha value is -1.70. The molecule has 1 aromatic carbocycles. The van der Waals surface area contributed by atoms with E-state index in [1.165, 1.54) is 12.1 Å². The number of guanidine groups is 1. The standard InChI is InChI=1S/C14H19F2N3O2S/c1-17-14(19-12-5-7-22(20,21)9-12)18-6-4-10-2-3-11(15)8-13(10)16/h2-3,8,12H,4-7,9H2,1H3,(H2,17,18,19). The van der Waals surface area contributed by atoms with Gasteiger partial charge in [-0.25, -0.2) is 17.2 Å². The predicted molar refractivity (Wildman–Crippen MR) is 81.6 cm³/mol. The summed E-state index contributed by atoms with van der Waals surface area (Å²) in [5.74, 6) is -0.423. The van der Waals surface area contributed by atoms with Gasteiger partial charge in [0.15, 0.2) is 15.8 Å². The van der Waals surface area contributed by atoms with Gasteiger partial charge >= 0.3 is 0 Å². The molecule has 8 heteroatoms. The lowest BCUT2D eigenvalue weighted by Gasteiger charge is -2.16. The molecular formula is C14H19F2N3O2S. The van der Waals surface area contributed by atoms with E-state index in [9.17, 15) is 17.2 Å². The van der Waals surface area contributed by atoms with Crippen molar-refractivity contribution in [2.45, 2.75) is 18.9 Å². The quantitative estimate of drug-likeness (QED) is 0.634. The number of sulfone groups is 1. The van der Waals surface area contributed by atoms with Gasteiger partial charge in [-0.1, -0.05) is 6.07 Å². The van der Waals surface area contributed by atoms with Crippen molar-refractivity contribution in [1.82, 2.24) is 10.6 Å². The first-order chi connectivity index (χ1) is 10.4. The van der Waals surface area contributed by atoms with E-state index >= 15 is 0 Å². The van der Waals surface area contributed by atoms with Crippen molar-refractivity contribution in [3.05, 3.63) is 35.4 Å². The molecule has 1 saturated heterocycles. The Bertz CT molecular complexity index is 662. The third kappa shape index (κ3) is 4.66. The molecule has 1 aromatic rings.